The molecule has 4 rings (SSSR count). The molecule has 1 aliphatic rings. The number of nitrogens with one attached hydrogen (secondary N) is 2. The fourth-order valence-corrected chi connectivity index (χ4v) is 4.34. The van der Waals surface area contributed by atoms with Crippen molar-refractivity contribution in [2.75, 3.05) is 13.1 Å². The topological polar surface area (TPSA) is 65.2 Å². The van der Waals surface area contributed by atoms with Crippen molar-refractivity contribution in [1.29, 1.82) is 0 Å². The first kappa shape index (κ1) is 18.8. The largest absolute Gasteiger partial charge is 0.341 e. The minimum Gasteiger partial charge on any atom is -0.341 e. The van der Waals surface area contributed by atoms with Gasteiger partial charge in [-0.2, -0.15) is 0 Å². The van der Waals surface area contributed by atoms with E-state index in [4.69, 9.17) is 0 Å². The second-order valence-corrected chi connectivity index (χ2v) is 7.93. The second kappa shape index (κ2) is 8.63. The van der Waals surface area contributed by atoms with Crippen molar-refractivity contribution in [2.24, 2.45) is 0 Å². The summed E-state index contributed by atoms with van der Waals surface area (Å²) in [5, 5.41) is 0.963. The van der Waals surface area contributed by atoms with E-state index in [1.165, 1.54) is 24.4 Å². The number of aromatic nitrogens is 1. The van der Waals surface area contributed by atoms with E-state index in [2.05, 4.69) is 9.71 Å². The minimum absolute atomic E-state index is 0.109. The minimum atomic E-state index is -0.393. The highest BCUT2D eigenvalue weighted by Crippen LogP contribution is 2.26. The number of benzene rings is 2. The Hall–Kier alpha value is -2.57. The second-order valence-electron chi connectivity index (χ2n) is 7.02. The summed E-state index contributed by atoms with van der Waals surface area (Å²) >= 11 is 1.45. The predicted molar refractivity (Wildman–Crippen MR) is 113 cm³/mol. The summed E-state index contributed by atoms with van der Waals surface area (Å²) in [5.74, 6) is 0.128. The number of fused-ring (bicyclic) bond motifs is 1. The molecule has 1 fully saturated rings. The summed E-state index contributed by atoms with van der Waals surface area (Å²) in [6.45, 7) is 1.66. The number of carbonyl (C=O) groups excluding carboxylic acids is 1. The number of H-pyrrole nitrogens is 1. The quantitative estimate of drug-likeness (QED) is 0.646. The molecule has 0 spiro atoms. The number of nitrogens with zero attached hydrogens (tertiary/aromatic N) is 1. The first-order valence-electron chi connectivity index (χ1n) is 9.60. The number of rotatable bonds is 5. The van der Waals surface area contributed by atoms with E-state index in [-0.39, 0.29) is 11.5 Å². The van der Waals surface area contributed by atoms with Crippen LogP contribution in [0.1, 0.15) is 30.9 Å². The van der Waals surface area contributed by atoms with Gasteiger partial charge in [0.25, 0.3) is 0 Å². The van der Waals surface area contributed by atoms with Gasteiger partial charge in [-0.3, -0.25) is 9.59 Å². The fourth-order valence-electron chi connectivity index (χ4n) is 3.53. The lowest BCUT2D eigenvalue weighted by Crippen LogP contribution is -2.42. The Morgan fingerprint density at radius 1 is 1.00 bits per heavy atom. The molecule has 1 saturated heterocycles. The van der Waals surface area contributed by atoms with Gasteiger partial charge in [0.2, 0.25) is 11.5 Å². The number of carbonyl (C=O) groups is 1. The molecular formula is C22H23N3O2S. The number of hydrogen-bond acceptors (Lipinski definition) is 4. The van der Waals surface area contributed by atoms with Crippen molar-refractivity contribution in [2.45, 2.75) is 30.2 Å². The third kappa shape index (κ3) is 4.29. The van der Waals surface area contributed by atoms with Crippen LogP contribution in [0.15, 0.2) is 70.4 Å². The van der Waals surface area contributed by atoms with Gasteiger partial charge in [-0.15, -0.1) is 0 Å². The molecule has 0 radical (unpaired) electrons. The van der Waals surface area contributed by atoms with E-state index in [0.29, 0.717) is 0 Å². The van der Waals surface area contributed by atoms with Gasteiger partial charge in [0.05, 0.1) is 0 Å². The normalized spacial score (nSPS) is 15.5. The van der Waals surface area contributed by atoms with Gasteiger partial charge in [-0.05, 0) is 66.4 Å². The maximum atomic E-state index is 13.2. The van der Waals surface area contributed by atoms with E-state index < -0.39 is 6.04 Å². The molecule has 2 heterocycles. The summed E-state index contributed by atoms with van der Waals surface area (Å²) in [5.41, 5.74) is 1.67. The Kier molecular flexibility index (Phi) is 5.78. The smallest absolute Gasteiger partial charge is 0.248 e. The molecule has 3 aromatic rings. The van der Waals surface area contributed by atoms with E-state index >= 15 is 0 Å². The molecule has 2 aromatic carbocycles. The highest BCUT2D eigenvalue weighted by Gasteiger charge is 2.26. The molecule has 28 heavy (non-hydrogen) atoms. The third-order valence-electron chi connectivity index (χ3n) is 5.04. The van der Waals surface area contributed by atoms with Crippen LogP contribution in [0.5, 0.6) is 0 Å². The predicted octanol–water partition coefficient (Wildman–Crippen LogP) is 3.88. The standard InChI is InChI=1S/C22H23N3O2S/c26-20-12-9-17-15-18(10-11-19(17)23-20)28-24-21(16-7-3-1-4-8-16)22(27)25-13-5-2-6-14-25/h1,3-4,7-12,15,21,24H,2,5-6,13-14H2,(H,23,26)/t21-/m1/s1. The fraction of sp³-hybridized carbons (Fsp3) is 0.273. The molecule has 0 aliphatic carbocycles. The zero-order valence-electron chi connectivity index (χ0n) is 15.6. The summed E-state index contributed by atoms with van der Waals surface area (Å²) in [6.07, 6.45) is 3.34. The Balaban J connectivity index is 1.54. The molecular weight excluding hydrogens is 370 g/mol. The molecule has 5 nitrogen and oxygen atoms in total. The average Bonchev–Trinajstić information content (AvgIpc) is 2.75. The van der Waals surface area contributed by atoms with Crippen LogP contribution in [0.4, 0.5) is 0 Å². The van der Waals surface area contributed by atoms with Crippen LogP contribution in [0.25, 0.3) is 10.9 Å². The molecule has 6 heteroatoms. The summed E-state index contributed by atoms with van der Waals surface area (Å²) in [7, 11) is 0. The Morgan fingerprint density at radius 3 is 2.57 bits per heavy atom. The van der Waals surface area contributed by atoms with Crippen LogP contribution < -0.4 is 10.3 Å². The van der Waals surface area contributed by atoms with Crippen LogP contribution in [0.2, 0.25) is 0 Å². The molecule has 1 atom stereocenters. The first-order chi connectivity index (χ1) is 13.7. The molecule has 1 aliphatic heterocycles. The van der Waals surface area contributed by atoms with Crippen molar-refractivity contribution in [3.63, 3.8) is 0 Å². The lowest BCUT2D eigenvalue weighted by atomic mass is 10.0. The van der Waals surface area contributed by atoms with Crippen LogP contribution in [0, 0.1) is 0 Å². The first-order valence-corrected chi connectivity index (χ1v) is 10.4. The summed E-state index contributed by atoms with van der Waals surface area (Å²) < 4.78 is 3.38. The van der Waals surface area contributed by atoms with E-state index in [9.17, 15) is 9.59 Å². The van der Waals surface area contributed by atoms with Gasteiger partial charge in [0, 0.05) is 29.6 Å². The van der Waals surface area contributed by atoms with Gasteiger partial charge >= 0.3 is 0 Å². The maximum absolute atomic E-state index is 13.2. The Labute approximate surface area is 168 Å². The van der Waals surface area contributed by atoms with E-state index in [0.717, 1.165) is 47.3 Å². The number of likely N-dealkylation sites (tertiary alicyclic amines) is 1. The molecule has 1 amide bonds. The molecule has 144 valence electrons. The molecule has 0 bridgehead atoms. The van der Waals surface area contributed by atoms with Gasteiger partial charge in [-0.25, -0.2) is 4.72 Å². The summed E-state index contributed by atoms with van der Waals surface area (Å²) in [6, 6.07) is 18.7. The molecule has 2 N–H and O–H groups in total. The Bertz CT molecular complexity index is 1010. The molecule has 0 unspecified atom stereocenters. The lowest BCUT2D eigenvalue weighted by Gasteiger charge is -2.30. The van der Waals surface area contributed by atoms with Crippen LogP contribution in [0.3, 0.4) is 0 Å². The Morgan fingerprint density at radius 2 is 1.79 bits per heavy atom. The van der Waals surface area contributed by atoms with E-state index in [1.54, 1.807) is 0 Å². The van der Waals surface area contributed by atoms with Crippen LogP contribution >= 0.6 is 11.9 Å². The number of aromatic amines is 1. The van der Waals surface area contributed by atoms with Crippen molar-refractivity contribution in [1.82, 2.24) is 14.6 Å². The zero-order chi connectivity index (χ0) is 19.3. The monoisotopic (exact) mass is 393 g/mol. The van der Waals surface area contributed by atoms with Crippen molar-refractivity contribution >= 4 is 28.8 Å². The van der Waals surface area contributed by atoms with Gasteiger partial charge < -0.3 is 9.88 Å². The van der Waals surface area contributed by atoms with Crippen molar-refractivity contribution in [3.8, 4) is 0 Å². The highest BCUT2D eigenvalue weighted by molar-refractivity contribution is 7.97. The van der Waals surface area contributed by atoms with E-state index in [1.807, 2.05) is 59.5 Å². The maximum Gasteiger partial charge on any atom is 0.248 e. The van der Waals surface area contributed by atoms with Gasteiger partial charge in [-0.1, -0.05) is 30.3 Å². The van der Waals surface area contributed by atoms with Crippen LogP contribution in [-0.2, 0) is 4.79 Å². The number of amides is 1. The third-order valence-corrected chi connectivity index (χ3v) is 5.88. The van der Waals surface area contributed by atoms with Crippen molar-refractivity contribution < 1.29 is 4.79 Å². The number of hydrogen-bond donors (Lipinski definition) is 2. The molecule has 1 aromatic heterocycles. The highest BCUT2D eigenvalue weighted by atomic mass is 32.2. The number of piperidine rings is 1. The van der Waals surface area contributed by atoms with Crippen LogP contribution in [-0.4, -0.2) is 28.9 Å². The number of pyridine rings is 1. The SMILES string of the molecule is O=C([C@H](NSc1ccc2[nH]c(=O)ccc2c1)c1ccccc1)N1CCCCC1. The van der Waals surface area contributed by atoms with Gasteiger partial charge in [0.15, 0.2) is 0 Å². The lowest BCUT2D eigenvalue weighted by molar-refractivity contribution is -0.134. The van der Waals surface area contributed by atoms with Crippen molar-refractivity contribution in [3.05, 3.63) is 76.6 Å². The van der Waals surface area contributed by atoms with Gasteiger partial charge in [0.1, 0.15) is 6.04 Å². The average molecular weight is 394 g/mol. The molecule has 0 saturated carbocycles. The zero-order valence-corrected chi connectivity index (χ0v) is 16.4. The summed E-state index contributed by atoms with van der Waals surface area (Å²) in [4.78, 5) is 30.4.